The fourth-order valence-electron chi connectivity index (χ4n) is 2.19. The monoisotopic (exact) mass is 501 g/mol. The number of guanidine groups is 1. The Bertz CT molecular complexity index is 752. The van der Waals surface area contributed by atoms with Gasteiger partial charge in [0.2, 0.25) is 5.91 Å². The van der Waals surface area contributed by atoms with Gasteiger partial charge < -0.3 is 16.0 Å². The number of nitrogens with one attached hydrogen (secondary N) is 3. The molecule has 1 heterocycles. The average molecular weight is 502 g/mol. The van der Waals surface area contributed by atoms with Crippen LogP contribution in [0.15, 0.2) is 47.6 Å². The molecular formula is C19H25ClIN5O. The van der Waals surface area contributed by atoms with Crippen molar-refractivity contribution in [3.05, 3.63) is 58.7 Å². The van der Waals surface area contributed by atoms with Crippen molar-refractivity contribution in [2.45, 2.75) is 26.8 Å². The van der Waals surface area contributed by atoms with Crippen LogP contribution < -0.4 is 16.0 Å². The van der Waals surface area contributed by atoms with E-state index in [0.29, 0.717) is 36.3 Å². The van der Waals surface area contributed by atoms with Crippen molar-refractivity contribution in [2.24, 2.45) is 4.99 Å². The number of carbonyl (C=O) groups excluding carboxylic acids is 1. The van der Waals surface area contributed by atoms with Gasteiger partial charge in [-0.15, -0.1) is 24.0 Å². The van der Waals surface area contributed by atoms with Gasteiger partial charge in [0.1, 0.15) is 5.82 Å². The molecule has 0 bridgehead atoms. The Morgan fingerprint density at radius 2 is 2.04 bits per heavy atom. The number of rotatable bonds is 7. The minimum Gasteiger partial charge on any atom is -0.357 e. The summed E-state index contributed by atoms with van der Waals surface area (Å²) in [6.07, 6.45) is 2.04. The highest BCUT2D eigenvalue weighted by Gasteiger charge is 2.04. The van der Waals surface area contributed by atoms with E-state index in [4.69, 9.17) is 11.6 Å². The Morgan fingerprint density at radius 3 is 2.70 bits per heavy atom. The molecule has 0 aliphatic carbocycles. The van der Waals surface area contributed by atoms with Gasteiger partial charge in [-0.05, 0) is 43.2 Å². The number of anilines is 1. The minimum absolute atomic E-state index is 0. The van der Waals surface area contributed by atoms with E-state index < -0.39 is 0 Å². The summed E-state index contributed by atoms with van der Waals surface area (Å²) in [4.78, 5) is 20.7. The molecule has 3 N–H and O–H groups in total. The maximum atomic E-state index is 12.0. The number of aryl methyl sites for hydroxylation is 1. The molecule has 1 amide bonds. The smallest absolute Gasteiger partial charge is 0.227 e. The summed E-state index contributed by atoms with van der Waals surface area (Å²) in [6.45, 7) is 5.66. The molecule has 1 aromatic heterocycles. The van der Waals surface area contributed by atoms with E-state index in [-0.39, 0.29) is 29.9 Å². The lowest BCUT2D eigenvalue weighted by Crippen LogP contribution is -2.38. The third-order valence-electron chi connectivity index (χ3n) is 3.48. The van der Waals surface area contributed by atoms with E-state index in [1.54, 1.807) is 12.3 Å². The lowest BCUT2D eigenvalue weighted by atomic mass is 10.2. The molecule has 0 atom stereocenters. The van der Waals surface area contributed by atoms with E-state index in [0.717, 1.165) is 17.7 Å². The van der Waals surface area contributed by atoms with E-state index in [1.165, 1.54) is 0 Å². The van der Waals surface area contributed by atoms with Crippen molar-refractivity contribution in [3.8, 4) is 0 Å². The molecule has 0 aliphatic rings. The fraction of sp³-hybridized carbons (Fsp3) is 0.316. The first-order valence-corrected chi connectivity index (χ1v) is 8.93. The number of nitrogens with zero attached hydrogens (tertiary/aromatic N) is 2. The number of aliphatic imine (C=N–C) groups is 1. The van der Waals surface area contributed by atoms with Crippen LogP contribution in [0.1, 0.15) is 24.5 Å². The largest absolute Gasteiger partial charge is 0.357 e. The molecule has 0 saturated carbocycles. The zero-order valence-corrected chi connectivity index (χ0v) is 18.5. The van der Waals surface area contributed by atoms with E-state index >= 15 is 0 Å². The van der Waals surface area contributed by atoms with Gasteiger partial charge in [0, 0.05) is 30.7 Å². The number of amides is 1. The fourth-order valence-corrected chi connectivity index (χ4v) is 2.40. The van der Waals surface area contributed by atoms with Crippen LogP contribution in [-0.2, 0) is 11.3 Å². The third-order valence-corrected chi connectivity index (χ3v) is 3.71. The van der Waals surface area contributed by atoms with Crippen LogP contribution in [0, 0.1) is 6.92 Å². The molecule has 0 spiro atoms. The molecule has 0 saturated heterocycles. The quantitative estimate of drug-likeness (QED) is 0.307. The Kier molecular flexibility index (Phi) is 10.7. The Morgan fingerprint density at radius 1 is 1.22 bits per heavy atom. The molecule has 146 valence electrons. The van der Waals surface area contributed by atoms with Gasteiger partial charge in [0.05, 0.1) is 6.54 Å². The molecule has 0 unspecified atom stereocenters. The first-order chi connectivity index (χ1) is 12.6. The Labute approximate surface area is 182 Å². The lowest BCUT2D eigenvalue weighted by Gasteiger charge is -2.11. The number of benzene rings is 1. The average Bonchev–Trinajstić information content (AvgIpc) is 2.62. The topological polar surface area (TPSA) is 78.4 Å². The molecule has 8 heteroatoms. The maximum absolute atomic E-state index is 12.0. The first-order valence-electron chi connectivity index (χ1n) is 8.56. The summed E-state index contributed by atoms with van der Waals surface area (Å²) in [5.74, 6) is 1.12. The van der Waals surface area contributed by atoms with Gasteiger partial charge in [-0.2, -0.15) is 0 Å². The zero-order chi connectivity index (χ0) is 18.8. The van der Waals surface area contributed by atoms with Crippen molar-refractivity contribution in [1.29, 1.82) is 0 Å². The second-order valence-electron chi connectivity index (χ2n) is 5.77. The van der Waals surface area contributed by atoms with Crippen molar-refractivity contribution < 1.29 is 4.79 Å². The van der Waals surface area contributed by atoms with Crippen molar-refractivity contribution in [3.63, 3.8) is 0 Å². The predicted molar refractivity (Wildman–Crippen MR) is 122 cm³/mol. The highest BCUT2D eigenvalue weighted by Crippen LogP contribution is 2.11. The second-order valence-corrected chi connectivity index (χ2v) is 6.21. The normalized spacial score (nSPS) is 10.7. The molecule has 0 aliphatic heterocycles. The summed E-state index contributed by atoms with van der Waals surface area (Å²) in [5, 5.41) is 9.78. The molecular weight excluding hydrogens is 477 g/mol. The first kappa shape index (κ1) is 23.2. The predicted octanol–water partition coefficient (Wildman–Crippen LogP) is 3.75. The van der Waals surface area contributed by atoms with Crippen LogP contribution in [-0.4, -0.2) is 29.9 Å². The Balaban J connectivity index is 0.00000364. The number of hydrogen-bond acceptors (Lipinski definition) is 3. The minimum atomic E-state index is -0.0976. The van der Waals surface area contributed by atoms with Crippen molar-refractivity contribution in [1.82, 2.24) is 15.6 Å². The van der Waals surface area contributed by atoms with Crippen molar-refractivity contribution in [2.75, 3.05) is 18.4 Å². The van der Waals surface area contributed by atoms with Crippen molar-refractivity contribution >= 4 is 53.3 Å². The number of hydrogen-bond donors (Lipinski definition) is 3. The van der Waals surface area contributed by atoms with E-state index in [9.17, 15) is 4.79 Å². The van der Waals surface area contributed by atoms with Gasteiger partial charge in [0.25, 0.3) is 0 Å². The standard InChI is InChI=1S/C19H24ClN5O.HI/c1-3-21-19(24-13-15-5-4-6-16(20)11-15)22-10-9-18(26)25-17-8-7-14(2)12-23-17;/h4-8,11-12H,3,9-10,13H2,1-2H3,(H2,21,22,24)(H,23,25,26);1H. The van der Waals surface area contributed by atoms with E-state index in [2.05, 4.69) is 25.9 Å². The number of pyridine rings is 1. The number of carbonyl (C=O) groups is 1. The van der Waals surface area contributed by atoms with Crippen LogP contribution in [0.4, 0.5) is 5.82 Å². The summed E-state index contributed by atoms with van der Waals surface area (Å²) in [6, 6.07) is 11.3. The highest BCUT2D eigenvalue weighted by atomic mass is 127. The van der Waals surface area contributed by atoms with Crippen LogP contribution in [0.25, 0.3) is 0 Å². The van der Waals surface area contributed by atoms with Crippen LogP contribution in [0.2, 0.25) is 5.02 Å². The summed E-state index contributed by atoms with van der Waals surface area (Å²) in [7, 11) is 0. The molecule has 0 fully saturated rings. The summed E-state index contributed by atoms with van der Waals surface area (Å²) < 4.78 is 0. The van der Waals surface area contributed by atoms with Gasteiger partial charge in [-0.1, -0.05) is 29.8 Å². The maximum Gasteiger partial charge on any atom is 0.227 e. The number of halogens is 2. The Hall–Kier alpha value is -1.87. The van der Waals surface area contributed by atoms with Gasteiger partial charge in [-0.25, -0.2) is 9.98 Å². The third kappa shape index (κ3) is 9.05. The van der Waals surface area contributed by atoms with Crippen LogP contribution >= 0.6 is 35.6 Å². The summed E-state index contributed by atoms with van der Waals surface area (Å²) in [5.41, 5.74) is 2.08. The van der Waals surface area contributed by atoms with Crippen LogP contribution in [0.5, 0.6) is 0 Å². The number of aromatic nitrogens is 1. The SMILES string of the molecule is CCNC(=NCc1cccc(Cl)c1)NCCC(=O)Nc1ccc(C)cn1.I. The van der Waals surface area contributed by atoms with Gasteiger partial charge in [-0.3, -0.25) is 4.79 Å². The molecule has 0 radical (unpaired) electrons. The molecule has 6 nitrogen and oxygen atoms in total. The lowest BCUT2D eigenvalue weighted by molar-refractivity contribution is -0.116. The molecule has 27 heavy (non-hydrogen) atoms. The van der Waals surface area contributed by atoms with Gasteiger partial charge in [0.15, 0.2) is 5.96 Å². The molecule has 1 aromatic carbocycles. The highest BCUT2D eigenvalue weighted by molar-refractivity contribution is 14.0. The zero-order valence-electron chi connectivity index (χ0n) is 15.5. The molecule has 2 rings (SSSR count). The van der Waals surface area contributed by atoms with Gasteiger partial charge >= 0.3 is 0 Å². The molecule has 2 aromatic rings. The van der Waals surface area contributed by atoms with E-state index in [1.807, 2.05) is 44.2 Å². The van der Waals surface area contributed by atoms with Crippen LogP contribution in [0.3, 0.4) is 0 Å². The second kappa shape index (κ2) is 12.5. The summed E-state index contributed by atoms with van der Waals surface area (Å²) >= 11 is 5.99.